The predicted octanol–water partition coefficient (Wildman–Crippen LogP) is 6.06. The molecule has 0 aromatic rings. The number of rotatable bonds is 2. The van der Waals surface area contributed by atoms with Gasteiger partial charge in [0.05, 0.1) is 17.6 Å². The quantitative estimate of drug-likeness (QED) is 0.427. The number of aliphatic hydroxyl groups is 2. The minimum atomic E-state index is -0.658. The van der Waals surface area contributed by atoms with Crippen LogP contribution >= 0.6 is 0 Å². The Morgan fingerprint density at radius 3 is 2.18 bits per heavy atom. The molecule has 5 aliphatic rings. The third-order valence-corrected chi connectivity index (χ3v) is 13.4. The number of hydrogen-bond acceptors (Lipinski definition) is 3. The molecule has 0 bridgehead atoms. The first-order valence-corrected chi connectivity index (χ1v) is 13.9. The molecule has 0 aromatic heterocycles. The fraction of sp³-hybridized carbons (Fsp3) is 0.900. The first-order chi connectivity index (χ1) is 15.7. The van der Waals surface area contributed by atoms with Crippen LogP contribution in [0.5, 0.6) is 0 Å². The topological polar surface area (TPSA) is 77.8 Å². The number of hydrogen-bond donors (Lipinski definition) is 3. The molecule has 4 heteroatoms. The van der Waals surface area contributed by atoms with Crippen molar-refractivity contribution in [1.82, 2.24) is 0 Å². The van der Waals surface area contributed by atoms with E-state index in [-0.39, 0.29) is 51.4 Å². The van der Waals surface area contributed by atoms with E-state index >= 15 is 0 Å². The van der Waals surface area contributed by atoms with E-state index in [0.717, 1.165) is 56.9 Å². The van der Waals surface area contributed by atoms with Crippen molar-refractivity contribution in [3.63, 3.8) is 0 Å². The number of aliphatic hydroxyl groups excluding tert-OH is 2. The normalized spacial score (nSPS) is 55.9. The van der Waals surface area contributed by atoms with E-state index in [9.17, 15) is 20.1 Å². The Balaban J connectivity index is 1.61. The maximum Gasteiger partial charge on any atom is 0.309 e. The molecular formula is C30H48O4. The van der Waals surface area contributed by atoms with Crippen LogP contribution in [0.15, 0.2) is 12.2 Å². The molecule has 3 N–H and O–H groups in total. The van der Waals surface area contributed by atoms with Crippen LogP contribution in [0.1, 0.15) is 99.3 Å². The molecule has 5 saturated carbocycles. The average molecular weight is 473 g/mol. The second-order valence-electron chi connectivity index (χ2n) is 14.7. The Morgan fingerprint density at radius 2 is 1.56 bits per heavy atom. The van der Waals surface area contributed by atoms with Gasteiger partial charge in [0.25, 0.3) is 0 Å². The summed E-state index contributed by atoms with van der Waals surface area (Å²) in [6.45, 7) is 18.2. The monoisotopic (exact) mass is 472 g/mol. The van der Waals surface area contributed by atoms with Gasteiger partial charge in [-0.15, -0.1) is 0 Å². The van der Waals surface area contributed by atoms with Crippen molar-refractivity contribution >= 4 is 5.97 Å². The zero-order chi connectivity index (χ0) is 25.1. The van der Waals surface area contributed by atoms with E-state index in [1.165, 1.54) is 0 Å². The van der Waals surface area contributed by atoms with Crippen LogP contribution in [0.3, 0.4) is 0 Å². The van der Waals surface area contributed by atoms with Crippen LogP contribution in [-0.2, 0) is 4.79 Å². The summed E-state index contributed by atoms with van der Waals surface area (Å²) in [5.74, 6) is 0.484. The maximum absolute atomic E-state index is 12.8. The van der Waals surface area contributed by atoms with Crippen molar-refractivity contribution in [2.75, 3.05) is 0 Å². The molecule has 4 nitrogen and oxygen atoms in total. The van der Waals surface area contributed by atoms with E-state index in [0.29, 0.717) is 12.3 Å². The summed E-state index contributed by atoms with van der Waals surface area (Å²) < 4.78 is 0. The standard InChI is InChI=1S/C30H48O4/c1-17(2)18-8-13-30(25(33)34)15-14-28(6)19(23(18)30)16-20(31)24-27(5)11-10-22(32)26(3,4)21(27)9-12-29(24,28)7/h18-24,31-32H,1,8-16H2,2-7H3,(H,33,34)/t18-,19+,20+,21-,22-,23-,24+,27-,28+,29+,30-/m0/s1. The lowest BCUT2D eigenvalue weighted by molar-refractivity contribution is -0.276. The zero-order valence-electron chi connectivity index (χ0n) is 22.4. The van der Waals surface area contributed by atoms with Gasteiger partial charge in [-0.25, -0.2) is 0 Å². The molecule has 34 heavy (non-hydrogen) atoms. The van der Waals surface area contributed by atoms with E-state index in [1.54, 1.807) is 0 Å². The second-order valence-corrected chi connectivity index (χ2v) is 14.7. The molecule has 0 aromatic carbocycles. The lowest BCUT2D eigenvalue weighted by Crippen LogP contribution is -2.70. The van der Waals surface area contributed by atoms with Gasteiger partial charge < -0.3 is 15.3 Å². The van der Waals surface area contributed by atoms with Crippen molar-refractivity contribution in [2.24, 2.45) is 56.7 Å². The van der Waals surface area contributed by atoms with Gasteiger partial charge >= 0.3 is 5.97 Å². The van der Waals surface area contributed by atoms with Gasteiger partial charge in [0, 0.05) is 0 Å². The third-order valence-electron chi connectivity index (χ3n) is 13.4. The van der Waals surface area contributed by atoms with Crippen molar-refractivity contribution in [3.8, 4) is 0 Å². The Bertz CT molecular complexity index is 894. The average Bonchev–Trinajstić information content (AvgIpc) is 3.14. The molecule has 0 spiro atoms. The molecule has 5 rings (SSSR count). The second kappa shape index (κ2) is 7.34. The molecule has 0 radical (unpaired) electrons. The summed E-state index contributed by atoms with van der Waals surface area (Å²) in [6.07, 6.45) is 7.30. The predicted molar refractivity (Wildman–Crippen MR) is 134 cm³/mol. The number of aliphatic carboxylic acids is 1. The van der Waals surface area contributed by atoms with Gasteiger partial charge in [-0.1, -0.05) is 46.8 Å². The van der Waals surface area contributed by atoms with Crippen molar-refractivity contribution in [3.05, 3.63) is 12.2 Å². The first-order valence-electron chi connectivity index (χ1n) is 13.9. The van der Waals surface area contributed by atoms with Crippen molar-refractivity contribution < 1.29 is 20.1 Å². The van der Waals surface area contributed by atoms with E-state index < -0.39 is 17.5 Å². The van der Waals surface area contributed by atoms with Crippen LogP contribution in [-0.4, -0.2) is 33.5 Å². The van der Waals surface area contributed by atoms with Crippen LogP contribution < -0.4 is 0 Å². The Morgan fingerprint density at radius 1 is 0.882 bits per heavy atom. The van der Waals surface area contributed by atoms with Crippen LogP contribution in [0.2, 0.25) is 0 Å². The van der Waals surface area contributed by atoms with Gasteiger partial charge in [0.2, 0.25) is 0 Å². The molecule has 0 unspecified atom stereocenters. The summed E-state index contributed by atoms with van der Waals surface area (Å²) >= 11 is 0. The van der Waals surface area contributed by atoms with Gasteiger partial charge in [-0.05, 0) is 116 Å². The number of carbonyl (C=O) groups is 1. The van der Waals surface area contributed by atoms with Crippen LogP contribution in [0, 0.1) is 56.7 Å². The van der Waals surface area contributed by atoms with E-state index in [4.69, 9.17) is 0 Å². The highest BCUT2D eigenvalue weighted by atomic mass is 16.4. The smallest absolute Gasteiger partial charge is 0.309 e. The first kappa shape index (κ1) is 24.8. The SMILES string of the molecule is C=C(C)[C@@H]1CC[C@]2(C(=O)O)CC[C@]3(C)[C@H](C[C@@H](O)[C@@H]4[C@@]5(C)CC[C@H](O)C(C)(C)[C@@H]5CC[C@]43C)[C@H]12. The molecule has 0 saturated heterocycles. The molecule has 5 aliphatic carbocycles. The third kappa shape index (κ3) is 2.76. The maximum atomic E-state index is 12.8. The fourth-order valence-electron chi connectivity index (χ4n) is 11.6. The lowest BCUT2D eigenvalue weighted by Gasteiger charge is -2.73. The van der Waals surface area contributed by atoms with Gasteiger partial charge in [-0.3, -0.25) is 4.79 Å². The Labute approximate surface area is 206 Å². The summed E-state index contributed by atoms with van der Waals surface area (Å²) in [6, 6.07) is 0. The van der Waals surface area contributed by atoms with Gasteiger partial charge in [0.15, 0.2) is 0 Å². The largest absolute Gasteiger partial charge is 0.481 e. The van der Waals surface area contributed by atoms with Crippen LogP contribution in [0.25, 0.3) is 0 Å². The number of carboxylic acid groups (broad SMARTS) is 1. The molecule has 192 valence electrons. The highest BCUT2D eigenvalue weighted by molar-refractivity contribution is 5.76. The molecular weight excluding hydrogens is 424 g/mol. The van der Waals surface area contributed by atoms with Crippen LogP contribution in [0.4, 0.5) is 0 Å². The molecule has 0 heterocycles. The Hall–Kier alpha value is -0.870. The van der Waals surface area contributed by atoms with Gasteiger partial charge in [0.1, 0.15) is 0 Å². The number of carboxylic acids is 1. The summed E-state index contributed by atoms with van der Waals surface area (Å²) in [5.41, 5.74) is 0.284. The summed E-state index contributed by atoms with van der Waals surface area (Å²) in [7, 11) is 0. The fourth-order valence-corrected chi connectivity index (χ4v) is 11.6. The minimum Gasteiger partial charge on any atom is -0.481 e. The Kier molecular flexibility index (Phi) is 5.36. The highest BCUT2D eigenvalue weighted by Crippen LogP contribution is 2.77. The number of allylic oxidation sites excluding steroid dienone is 1. The molecule has 11 atom stereocenters. The molecule has 0 amide bonds. The lowest BCUT2D eigenvalue weighted by atomic mass is 9.31. The van der Waals surface area contributed by atoms with Gasteiger partial charge in [-0.2, -0.15) is 0 Å². The molecule has 0 aliphatic heterocycles. The number of fused-ring (bicyclic) bond motifs is 7. The van der Waals surface area contributed by atoms with E-state index in [2.05, 4.69) is 48.1 Å². The minimum absolute atomic E-state index is 0.00606. The zero-order valence-corrected chi connectivity index (χ0v) is 22.4. The van der Waals surface area contributed by atoms with E-state index in [1.807, 2.05) is 0 Å². The van der Waals surface area contributed by atoms with Crippen molar-refractivity contribution in [1.29, 1.82) is 0 Å². The molecule has 5 fully saturated rings. The summed E-state index contributed by atoms with van der Waals surface area (Å²) in [5, 5.41) is 33.4. The summed E-state index contributed by atoms with van der Waals surface area (Å²) in [4.78, 5) is 12.8. The van der Waals surface area contributed by atoms with Crippen molar-refractivity contribution in [2.45, 2.75) is 112 Å². The highest BCUT2D eigenvalue weighted by Gasteiger charge is 2.73.